The molecule has 0 aliphatic heterocycles. The highest BCUT2D eigenvalue weighted by Crippen LogP contribution is 2.81. The van der Waals surface area contributed by atoms with Crippen LogP contribution in [0.2, 0.25) is 0 Å². The molecule has 1 spiro atoms. The second-order valence-corrected chi connectivity index (χ2v) is 8.33. The van der Waals surface area contributed by atoms with Gasteiger partial charge in [0.1, 0.15) is 5.60 Å². The van der Waals surface area contributed by atoms with E-state index in [1.54, 1.807) is 6.92 Å². The third-order valence-electron chi connectivity index (χ3n) is 7.91. The number of fused-ring (bicyclic) bond motifs is 2. The van der Waals surface area contributed by atoms with Gasteiger partial charge >= 0.3 is 5.97 Å². The molecule has 2 nitrogen and oxygen atoms in total. The maximum atomic E-state index is 11.7. The largest absolute Gasteiger partial charge is 0.459 e. The molecule has 0 aromatic carbocycles. The SMILES string of the molecule is CCC(CC)(OC(C)=O)C12CC3CC4CC(C1)C4(C3)C2. The van der Waals surface area contributed by atoms with Crippen LogP contribution in [0.1, 0.15) is 72.1 Å². The molecule has 4 rings (SSSR count). The Hall–Kier alpha value is -0.530. The van der Waals surface area contributed by atoms with Crippen molar-refractivity contribution in [1.29, 1.82) is 0 Å². The molecule has 0 heterocycles. The lowest BCUT2D eigenvalue weighted by Crippen LogP contribution is -2.51. The number of ether oxygens (including phenoxy) is 1. The van der Waals surface area contributed by atoms with Gasteiger partial charge in [-0.05, 0) is 74.5 Å². The number of hydrogen-bond donors (Lipinski definition) is 0. The molecule has 20 heavy (non-hydrogen) atoms. The van der Waals surface area contributed by atoms with E-state index in [1.807, 2.05) is 0 Å². The maximum absolute atomic E-state index is 11.7. The van der Waals surface area contributed by atoms with Crippen LogP contribution in [0.3, 0.4) is 0 Å². The normalized spacial score (nSPS) is 48.0. The molecule has 4 saturated carbocycles. The fourth-order valence-corrected chi connectivity index (χ4v) is 7.42. The van der Waals surface area contributed by atoms with Gasteiger partial charge in [0.15, 0.2) is 0 Å². The summed E-state index contributed by atoms with van der Waals surface area (Å²) in [4.78, 5) is 11.7. The molecule has 4 aliphatic carbocycles. The number of hydrogen-bond acceptors (Lipinski definition) is 2. The van der Waals surface area contributed by atoms with Crippen LogP contribution in [-0.4, -0.2) is 11.6 Å². The Morgan fingerprint density at radius 1 is 1.15 bits per heavy atom. The molecule has 0 aromatic rings. The van der Waals surface area contributed by atoms with E-state index in [9.17, 15) is 4.79 Å². The topological polar surface area (TPSA) is 26.3 Å². The third kappa shape index (κ3) is 1.30. The first-order valence-electron chi connectivity index (χ1n) is 8.69. The first-order chi connectivity index (χ1) is 9.49. The molecule has 112 valence electrons. The summed E-state index contributed by atoms with van der Waals surface area (Å²) < 4.78 is 6.05. The number of carbonyl (C=O) groups excluding carboxylic acids is 1. The zero-order chi connectivity index (χ0) is 14.2. The number of rotatable bonds is 4. The summed E-state index contributed by atoms with van der Waals surface area (Å²) in [5.41, 5.74) is 0.802. The average molecular weight is 276 g/mol. The van der Waals surface area contributed by atoms with Crippen molar-refractivity contribution in [2.75, 3.05) is 0 Å². The lowest BCUT2D eigenvalue weighted by atomic mass is 9.54. The minimum absolute atomic E-state index is 0.0747. The lowest BCUT2D eigenvalue weighted by Gasteiger charge is -2.52. The molecule has 2 heteroatoms. The van der Waals surface area contributed by atoms with Gasteiger partial charge in [0, 0.05) is 12.3 Å². The lowest BCUT2D eigenvalue weighted by molar-refractivity contribution is -0.183. The van der Waals surface area contributed by atoms with E-state index in [1.165, 1.54) is 38.5 Å². The summed E-state index contributed by atoms with van der Waals surface area (Å²) in [6.07, 6.45) is 10.5. The van der Waals surface area contributed by atoms with Crippen LogP contribution in [0, 0.1) is 28.6 Å². The highest BCUT2D eigenvalue weighted by molar-refractivity contribution is 5.66. The predicted octanol–water partition coefficient (Wildman–Crippen LogP) is 4.32. The summed E-state index contributed by atoms with van der Waals surface area (Å²) in [6.45, 7) is 6.05. The van der Waals surface area contributed by atoms with Gasteiger partial charge in [-0.2, -0.15) is 0 Å². The fourth-order valence-electron chi connectivity index (χ4n) is 7.42. The Morgan fingerprint density at radius 2 is 1.90 bits per heavy atom. The first-order valence-corrected chi connectivity index (χ1v) is 8.69. The summed E-state index contributed by atoms with van der Waals surface area (Å²) >= 11 is 0. The third-order valence-corrected chi connectivity index (χ3v) is 7.91. The van der Waals surface area contributed by atoms with Gasteiger partial charge in [0.05, 0.1) is 0 Å². The predicted molar refractivity (Wildman–Crippen MR) is 78.1 cm³/mol. The van der Waals surface area contributed by atoms with Crippen molar-refractivity contribution >= 4 is 5.97 Å². The van der Waals surface area contributed by atoms with E-state index in [4.69, 9.17) is 4.74 Å². The molecule has 5 unspecified atom stereocenters. The minimum atomic E-state index is -0.184. The Morgan fingerprint density at radius 3 is 2.55 bits per heavy atom. The van der Waals surface area contributed by atoms with E-state index in [0.717, 1.165) is 30.6 Å². The molecule has 4 fully saturated rings. The van der Waals surface area contributed by atoms with Crippen LogP contribution in [-0.2, 0) is 9.53 Å². The Balaban J connectivity index is 1.75. The van der Waals surface area contributed by atoms with E-state index < -0.39 is 0 Å². The van der Waals surface area contributed by atoms with Crippen LogP contribution >= 0.6 is 0 Å². The van der Waals surface area contributed by atoms with Gasteiger partial charge in [-0.1, -0.05) is 13.8 Å². The van der Waals surface area contributed by atoms with Crippen LogP contribution < -0.4 is 0 Å². The van der Waals surface area contributed by atoms with Gasteiger partial charge in [0.25, 0.3) is 0 Å². The highest BCUT2D eigenvalue weighted by atomic mass is 16.6. The summed E-state index contributed by atoms with van der Waals surface area (Å²) in [7, 11) is 0. The van der Waals surface area contributed by atoms with E-state index >= 15 is 0 Å². The van der Waals surface area contributed by atoms with Crippen molar-refractivity contribution in [3.63, 3.8) is 0 Å². The Kier molecular flexibility index (Phi) is 2.51. The van der Waals surface area contributed by atoms with Crippen molar-refractivity contribution in [2.24, 2.45) is 28.6 Å². The van der Waals surface area contributed by atoms with Gasteiger partial charge < -0.3 is 4.74 Å². The molecule has 4 aliphatic rings. The summed E-state index contributed by atoms with van der Waals surface area (Å²) in [5, 5.41) is 0. The average Bonchev–Trinajstić information content (AvgIpc) is 2.72. The second kappa shape index (κ2) is 3.81. The summed E-state index contributed by atoms with van der Waals surface area (Å²) in [5.74, 6) is 2.82. The molecule has 5 atom stereocenters. The van der Waals surface area contributed by atoms with Crippen molar-refractivity contribution in [3.05, 3.63) is 0 Å². The fraction of sp³-hybridized carbons (Fsp3) is 0.944. The van der Waals surface area contributed by atoms with Gasteiger partial charge in [0.2, 0.25) is 0 Å². The Labute approximate surface area is 122 Å². The zero-order valence-corrected chi connectivity index (χ0v) is 13.2. The van der Waals surface area contributed by atoms with Gasteiger partial charge in [-0.3, -0.25) is 4.79 Å². The van der Waals surface area contributed by atoms with Crippen LogP contribution in [0.15, 0.2) is 0 Å². The standard InChI is InChI=1S/C18H28O2/c1-4-18(5-2,20-12(3)19)16-8-13-6-14-7-15(10-16)17(14,9-13)11-16/h13-15H,4-11H2,1-3H3. The van der Waals surface area contributed by atoms with Crippen LogP contribution in [0.25, 0.3) is 0 Å². The molecular weight excluding hydrogens is 248 g/mol. The molecule has 0 aromatic heterocycles. The molecule has 0 N–H and O–H groups in total. The van der Waals surface area contributed by atoms with Crippen molar-refractivity contribution in [1.82, 2.24) is 0 Å². The molecular formula is C18H28O2. The van der Waals surface area contributed by atoms with E-state index in [-0.39, 0.29) is 11.6 Å². The van der Waals surface area contributed by atoms with Gasteiger partial charge in [-0.25, -0.2) is 0 Å². The van der Waals surface area contributed by atoms with E-state index in [2.05, 4.69) is 13.8 Å². The summed E-state index contributed by atoms with van der Waals surface area (Å²) in [6, 6.07) is 0. The number of esters is 1. The first kappa shape index (κ1) is 13.2. The highest BCUT2D eigenvalue weighted by Gasteiger charge is 2.74. The maximum Gasteiger partial charge on any atom is 0.303 e. The zero-order valence-electron chi connectivity index (χ0n) is 13.2. The molecule has 0 radical (unpaired) electrons. The molecule has 0 saturated heterocycles. The van der Waals surface area contributed by atoms with Crippen molar-refractivity contribution < 1.29 is 9.53 Å². The van der Waals surface area contributed by atoms with Gasteiger partial charge in [-0.15, -0.1) is 0 Å². The Bertz CT molecular complexity index is 448. The smallest absolute Gasteiger partial charge is 0.303 e. The number of carbonyl (C=O) groups is 1. The van der Waals surface area contributed by atoms with Crippen LogP contribution in [0.5, 0.6) is 0 Å². The monoisotopic (exact) mass is 276 g/mol. The van der Waals surface area contributed by atoms with Crippen LogP contribution in [0.4, 0.5) is 0 Å². The molecule has 0 amide bonds. The molecule has 3 bridgehead atoms. The second-order valence-electron chi connectivity index (χ2n) is 8.33. The minimum Gasteiger partial charge on any atom is -0.459 e. The quantitative estimate of drug-likeness (QED) is 0.715. The van der Waals surface area contributed by atoms with Crippen molar-refractivity contribution in [2.45, 2.75) is 77.7 Å². The van der Waals surface area contributed by atoms with E-state index in [0.29, 0.717) is 10.8 Å². The van der Waals surface area contributed by atoms with Crippen molar-refractivity contribution in [3.8, 4) is 0 Å².